The molecule has 1 saturated heterocycles. The highest BCUT2D eigenvalue weighted by Crippen LogP contribution is 2.29. The fraction of sp³-hybridized carbons (Fsp3) is 0.500. The molecule has 21 heavy (non-hydrogen) atoms. The van der Waals surface area contributed by atoms with Crippen LogP contribution in [0.2, 0.25) is 0 Å². The van der Waals surface area contributed by atoms with Crippen molar-refractivity contribution in [2.75, 3.05) is 18.4 Å². The highest BCUT2D eigenvalue weighted by molar-refractivity contribution is 7.89. The van der Waals surface area contributed by atoms with Crippen molar-refractivity contribution in [3.05, 3.63) is 23.8 Å². The molecule has 1 aromatic carbocycles. The van der Waals surface area contributed by atoms with Gasteiger partial charge in [-0.25, -0.2) is 8.42 Å². The van der Waals surface area contributed by atoms with Crippen LogP contribution < -0.4 is 11.1 Å². The zero-order valence-corrected chi connectivity index (χ0v) is 12.5. The van der Waals surface area contributed by atoms with Crippen molar-refractivity contribution in [3.8, 4) is 0 Å². The largest absolute Gasteiger partial charge is 0.329 e. The van der Waals surface area contributed by atoms with E-state index in [4.69, 9.17) is 5.73 Å². The fourth-order valence-electron chi connectivity index (χ4n) is 3.03. The highest BCUT2D eigenvalue weighted by Gasteiger charge is 2.33. The maximum Gasteiger partial charge on any atom is 0.243 e. The number of nitrogens with two attached hydrogens (primary N) is 1. The molecule has 0 saturated carbocycles. The maximum absolute atomic E-state index is 12.8. The number of sulfonamides is 1. The molecule has 0 aliphatic carbocycles. The molecule has 3 N–H and O–H groups in total. The van der Waals surface area contributed by atoms with Crippen LogP contribution in [0.4, 0.5) is 5.69 Å². The van der Waals surface area contributed by atoms with Crippen molar-refractivity contribution in [3.63, 3.8) is 0 Å². The predicted molar refractivity (Wildman–Crippen MR) is 79.4 cm³/mol. The highest BCUT2D eigenvalue weighted by atomic mass is 32.2. The van der Waals surface area contributed by atoms with Crippen LogP contribution in [0.5, 0.6) is 0 Å². The smallest absolute Gasteiger partial charge is 0.243 e. The van der Waals surface area contributed by atoms with Crippen molar-refractivity contribution in [2.45, 2.75) is 36.6 Å². The second kappa shape index (κ2) is 5.40. The molecule has 0 bridgehead atoms. The summed E-state index contributed by atoms with van der Waals surface area (Å²) in [5.41, 5.74) is 7.16. The standard InChI is InChI=1S/C14H19N3O3S/c15-9-11-3-1-2-6-17(11)21(19,20)12-4-5-13-10(7-12)8-14(18)16-13/h4-5,7,11H,1-3,6,8-9,15H2,(H,16,18). The number of piperidine rings is 1. The number of benzene rings is 1. The molecule has 0 spiro atoms. The quantitative estimate of drug-likeness (QED) is 0.859. The van der Waals surface area contributed by atoms with Gasteiger partial charge in [-0.3, -0.25) is 4.79 Å². The van der Waals surface area contributed by atoms with Gasteiger partial charge < -0.3 is 11.1 Å². The monoisotopic (exact) mass is 309 g/mol. The average molecular weight is 309 g/mol. The summed E-state index contributed by atoms with van der Waals surface area (Å²) in [5, 5.41) is 2.71. The van der Waals surface area contributed by atoms with E-state index < -0.39 is 10.0 Å². The van der Waals surface area contributed by atoms with Crippen molar-refractivity contribution in [1.82, 2.24) is 4.31 Å². The van der Waals surface area contributed by atoms with Gasteiger partial charge in [0.2, 0.25) is 15.9 Å². The number of fused-ring (bicyclic) bond motifs is 1. The molecule has 2 heterocycles. The number of hydrogen-bond donors (Lipinski definition) is 2. The average Bonchev–Trinajstić information content (AvgIpc) is 2.86. The fourth-order valence-corrected chi connectivity index (χ4v) is 4.78. The van der Waals surface area contributed by atoms with Gasteiger partial charge in [-0.15, -0.1) is 0 Å². The first-order chi connectivity index (χ1) is 10.0. The molecule has 1 aromatic rings. The predicted octanol–water partition coefficient (Wildman–Crippen LogP) is 0.683. The Morgan fingerprint density at radius 3 is 2.90 bits per heavy atom. The minimum atomic E-state index is -3.55. The lowest BCUT2D eigenvalue weighted by Crippen LogP contribution is -2.47. The van der Waals surface area contributed by atoms with Gasteiger partial charge in [-0.2, -0.15) is 4.31 Å². The van der Waals surface area contributed by atoms with Gasteiger partial charge in [0.05, 0.1) is 11.3 Å². The van der Waals surface area contributed by atoms with Gasteiger partial charge in [0.1, 0.15) is 0 Å². The lowest BCUT2D eigenvalue weighted by molar-refractivity contribution is -0.115. The van der Waals surface area contributed by atoms with Crippen LogP contribution in [0.25, 0.3) is 0 Å². The van der Waals surface area contributed by atoms with Crippen molar-refractivity contribution < 1.29 is 13.2 Å². The Bertz CT molecular complexity index is 672. The van der Waals surface area contributed by atoms with E-state index in [0.717, 1.165) is 24.8 Å². The second-order valence-electron chi connectivity index (χ2n) is 5.54. The van der Waals surface area contributed by atoms with E-state index in [1.807, 2.05) is 0 Å². The number of anilines is 1. The molecule has 3 rings (SSSR count). The Morgan fingerprint density at radius 1 is 1.33 bits per heavy atom. The summed E-state index contributed by atoms with van der Waals surface area (Å²) >= 11 is 0. The summed E-state index contributed by atoms with van der Waals surface area (Å²) in [7, 11) is -3.55. The van der Waals surface area contributed by atoms with Gasteiger partial charge in [0, 0.05) is 24.8 Å². The summed E-state index contributed by atoms with van der Waals surface area (Å²) in [5.74, 6) is -0.0997. The molecular weight excluding hydrogens is 290 g/mol. The Balaban J connectivity index is 1.95. The minimum Gasteiger partial charge on any atom is -0.329 e. The third-order valence-corrected chi connectivity index (χ3v) is 6.10. The first-order valence-electron chi connectivity index (χ1n) is 7.17. The number of amides is 1. The van der Waals surface area contributed by atoms with E-state index >= 15 is 0 Å². The van der Waals surface area contributed by atoms with Gasteiger partial charge >= 0.3 is 0 Å². The van der Waals surface area contributed by atoms with Crippen LogP contribution in [0.1, 0.15) is 24.8 Å². The van der Waals surface area contributed by atoms with E-state index in [9.17, 15) is 13.2 Å². The molecule has 6 nitrogen and oxygen atoms in total. The summed E-state index contributed by atoms with van der Waals surface area (Å²) in [6.07, 6.45) is 2.91. The molecule has 1 unspecified atom stereocenters. The Labute approximate surface area is 124 Å². The minimum absolute atomic E-state index is 0.0997. The number of nitrogens with zero attached hydrogens (tertiary/aromatic N) is 1. The van der Waals surface area contributed by atoms with Gasteiger partial charge in [-0.1, -0.05) is 6.42 Å². The number of carbonyl (C=O) groups is 1. The first-order valence-corrected chi connectivity index (χ1v) is 8.61. The lowest BCUT2D eigenvalue weighted by Gasteiger charge is -2.33. The molecule has 1 amide bonds. The number of rotatable bonds is 3. The van der Waals surface area contributed by atoms with Crippen molar-refractivity contribution in [1.29, 1.82) is 0 Å². The third kappa shape index (κ3) is 2.56. The summed E-state index contributed by atoms with van der Waals surface area (Å²) in [4.78, 5) is 11.6. The zero-order valence-electron chi connectivity index (χ0n) is 11.7. The number of nitrogens with one attached hydrogen (secondary N) is 1. The Hall–Kier alpha value is -1.44. The van der Waals surface area contributed by atoms with Crippen LogP contribution in [-0.2, 0) is 21.2 Å². The molecule has 114 valence electrons. The van der Waals surface area contributed by atoms with Crippen LogP contribution in [0.15, 0.2) is 23.1 Å². The molecule has 0 radical (unpaired) electrons. The first kappa shape index (κ1) is 14.5. The van der Waals surface area contributed by atoms with Gasteiger partial charge in [0.25, 0.3) is 0 Å². The topological polar surface area (TPSA) is 92.5 Å². The summed E-state index contributed by atoms with van der Waals surface area (Å²) < 4.78 is 27.1. The SMILES string of the molecule is NCC1CCCCN1S(=O)(=O)c1ccc2c(c1)CC(=O)N2. The van der Waals surface area contributed by atoms with Crippen LogP contribution in [0.3, 0.4) is 0 Å². The molecule has 0 aromatic heterocycles. The Kier molecular flexibility index (Phi) is 3.73. The maximum atomic E-state index is 12.8. The second-order valence-corrected chi connectivity index (χ2v) is 7.44. The summed E-state index contributed by atoms with van der Waals surface area (Å²) in [6.45, 7) is 0.850. The van der Waals surface area contributed by atoms with Crippen LogP contribution in [0, 0.1) is 0 Å². The van der Waals surface area contributed by atoms with Gasteiger partial charge in [0.15, 0.2) is 0 Å². The molecule has 1 fully saturated rings. The summed E-state index contributed by atoms with van der Waals surface area (Å²) in [6, 6.07) is 4.69. The van der Waals surface area contributed by atoms with E-state index in [2.05, 4.69) is 5.32 Å². The zero-order chi connectivity index (χ0) is 15.0. The van der Waals surface area contributed by atoms with Crippen molar-refractivity contribution >= 4 is 21.6 Å². The Morgan fingerprint density at radius 2 is 2.14 bits per heavy atom. The van der Waals surface area contributed by atoms with E-state index in [1.54, 1.807) is 18.2 Å². The normalized spacial score (nSPS) is 22.9. The van der Waals surface area contributed by atoms with E-state index in [-0.39, 0.29) is 23.3 Å². The van der Waals surface area contributed by atoms with Gasteiger partial charge in [-0.05, 0) is 36.6 Å². The lowest BCUT2D eigenvalue weighted by atomic mass is 10.1. The molecule has 7 heteroatoms. The van der Waals surface area contributed by atoms with E-state index in [1.165, 1.54) is 4.31 Å². The molecule has 1 atom stereocenters. The molecule has 2 aliphatic heterocycles. The van der Waals surface area contributed by atoms with E-state index in [0.29, 0.717) is 18.8 Å². The van der Waals surface area contributed by atoms with Crippen LogP contribution in [-0.4, -0.2) is 37.8 Å². The number of carbonyl (C=O) groups excluding carboxylic acids is 1. The van der Waals surface area contributed by atoms with Crippen molar-refractivity contribution in [2.24, 2.45) is 5.73 Å². The van der Waals surface area contributed by atoms with Crippen LogP contribution >= 0.6 is 0 Å². The molecule has 2 aliphatic rings. The third-order valence-electron chi connectivity index (χ3n) is 4.15. The molecular formula is C14H19N3O3S. The number of hydrogen-bond acceptors (Lipinski definition) is 4.